The van der Waals surface area contributed by atoms with Crippen molar-refractivity contribution in [3.8, 4) is 27.8 Å². The molecule has 0 aliphatic carbocycles. The Morgan fingerprint density at radius 1 is 1.00 bits per heavy atom. The normalized spacial score (nSPS) is 10.2. The third-order valence-electron chi connectivity index (χ3n) is 2.97. The molecule has 0 bridgehead atoms. The maximum Gasteiger partial charge on any atom is 0.104 e. The van der Waals surface area contributed by atoms with Gasteiger partial charge in [0, 0.05) is 5.56 Å². The van der Waals surface area contributed by atoms with Crippen LogP contribution in [0.4, 0.5) is 0 Å². The van der Waals surface area contributed by atoms with Crippen molar-refractivity contribution in [2.24, 2.45) is 0 Å². The molecular formula is C16H9ClN2S. The van der Waals surface area contributed by atoms with Gasteiger partial charge in [0.2, 0.25) is 0 Å². The number of benzene rings is 2. The van der Waals surface area contributed by atoms with Crippen molar-refractivity contribution in [2.75, 3.05) is 0 Å². The van der Waals surface area contributed by atoms with Gasteiger partial charge in [0.05, 0.1) is 15.5 Å². The van der Waals surface area contributed by atoms with Crippen LogP contribution < -0.4 is 0 Å². The first-order valence-electron chi connectivity index (χ1n) is 6.01. The molecule has 0 radical (unpaired) electrons. The van der Waals surface area contributed by atoms with Gasteiger partial charge in [-0.3, -0.25) is 0 Å². The van der Waals surface area contributed by atoms with E-state index in [0.29, 0.717) is 16.3 Å². The highest BCUT2D eigenvalue weighted by Crippen LogP contribution is 2.37. The lowest BCUT2D eigenvalue weighted by molar-refractivity contribution is 1.46. The molecule has 3 aromatic rings. The maximum atomic E-state index is 9.48. The molecule has 0 aliphatic rings. The molecule has 2 nitrogen and oxygen atoms in total. The van der Waals surface area contributed by atoms with Crippen molar-refractivity contribution in [2.45, 2.75) is 0 Å². The Morgan fingerprint density at radius 3 is 2.40 bits per heavy atom. The van der Waals surface area contributed by atoms with E-state index >= 15 is 0 Å². The van der Waals surface area contributed by atoms with E-state index in [-0.39, 0.29) is 0 Å². The van der Waals surface area contributed by atoms with Gasteiger partial charge in [-0.25, -0.2) is 0 Å². The second-order valence-electron chi connectivity index (χ2n) is 4.19. The van der Waals surface area contributed by atoms with Gasteiger partial charge in [-0.15, -0.1) is 0 Å². The van der Waals surface area contributed by atoms with Crippen molar-refractivity contribution in [1.82, 2.24) is 4.37 Å². The second-order valence-corrected chi connectivity index (χ2v) is 5.37. The summed E-state index contributed by atoms with van der Waals surface area (Å²) < 4.78 is 4.43. The van der Waals surface area contributed by atoms with Gasteiger partial charge in [-0.1, -0.05) is 60.1 Å². The molecule has 0 saturated heterocycles. The average molecular weight is 297 g/mol. The summed E-state index contributed by atoms with van der Waals surface area (Å²) >= 11 is 7.52. The lowest BCUT2D eigenvalue weighted by Crippen LogP contribution is -1.84. The van der Waals surface area contributed by atoms with Crippen LogP contribution in [0.3, 0.4) is 0 Å². The summed E-state index contributed by atoms with van der Waals surface area (Å²) in [7, 11) is 0. The van der Waals surface area contributed by atoms with Gasteiger partial charge < -0.3 is 0 Å². The minimum absolute atomic E-state index is 0.578. The minimum Gasteiger partial charge on any atom is -0.192 e. The van der Waals surface area contributed by atoms with Crippen LogP contribution in [0.5, 0.6) is 0 Å². The topological polar surface area (TPSA) is 36.7 Å². The molecule has 3 rings (SSSR count). The molecule has 0 amide bonds. The fraction of sp³-hybridized carbons (Fsp3) is 0. The summed E-state index contributed by atoms with van der Waals surface area (Å²) in [5, 5.41) is 10.1. The number of nitrogens with zero attached hydrogens (tertiary/aromatic N) is 2. The third kappa shape index (κ3) is 2.20. The third-order valence-corrected chi connectivity index (χ3v) is 4.19. The molecule has 0 unspecified atom stereocenters. The van der Waals surface area contributed by atoms with Crippen LogP contribution in [0.1, 0.15) is 5.56 Å². The largest absolute Gasteiger partial charge is 0.192 e. The first-order chi connectivity index (χ1) is 9.81. The number of aromatic nitrogens is 1. The summed E-state index contributed by atoms with van der Waals surface area (Å²) in [6.07, 6.45) is 0. The number of nitriles is 1. The molecule has 0 aliphatic heterocycles. The molecule has 1 heterocycles. The highest BCUT2D eigenvalue weighted by molar-refractivity contribution is 7.10. The Labute approximate surface area is 126 Å². The predicted octanol–water partition coefficient (Wildman–Crippen LogP) is 5.00. The zero-order chi connectivity index (χ0) is 13.9. The summed E-state index contributed by atoms with van der Waals surface area (Å²) in [5.74, 6) is 0. The van der Waals surface area contributed by atoms with E-state index in [4.69, 9.17) is 11.6 Å². The summed E-state index contributed by atoms with van der Waals surface area (Å²) in [6.45, 7) is 0. The molecule has 0 N–H and O–H groups in total. The molecule has 96 valence electrons. The molecule has 1 aromatic heterocycles. The lowest BCUT2D eigenvalue weighted by Gasteiger charge is -2.01. The van der Waals surface area contributed by atoms with Crippen LogP contribution in [-0.2, 0) is 0 Å². The van der Waals surface area contributed by atoms with Crippen molar-refractivity contribution in [1.29, 1.82) is 5.26 Å². The molecule has 4 heteroatoms. The highest BCUT2D eigenvalue weighted by atomic mass is 35.5. The maximum absolute atomic E-state index is 9.48. The Hall–Kier alpha value is -2.15. The number of rotatable bonds is 2. The average Bonchev–Trinajstić information content (AvgIpc) is 2.92. The first-order valence-corrected chi connectivity index (χ1v) is 7.16. The number of hydrogen-bond donors (Lipinski definition) is 0. The van der Waals surface area contributed by atoms with E-state index in [1.807, 2.05) is 48.5 Å². The van der Waals surface area contributed by atoms with E-state index in [2.05, 4.69) is 10.4 Å². The summed E-state index contributed by atoms with van der Waals surface area (Å²) in [5.41, 5.74) is 3.03. The monoisotopic (exact) mass is 296 g/mol. The van der Waals surface area contributed by atoms with Gasteiger partial charge >= 0.3 is 0 Å². The number of halogens is 1. The van der Waals surface area contributed by atoms with Gasteiger partial charge in [0.15, 0.2) is 0 Å². The Morgan fingerprint density at radius 2 is 1.70 bits per heavy atom. The molecule has 0 fully saturated rings. The molecule has 0 saturated carbocycles. The molecule has 20 heavy (non-hydrogen) atoms. The van der Waals surface area contributed by atoms with Gasteiger partial charge in [0.1, 0.15) is 11.8 Å². The molecule has 2 aromatic carbocycles. The van der Waals surface area contributed by atoms with Crippen LogP contribution in [0.15, 0.2) is 54.6 Å². The molecule has 0 spiro atoms. The van der Waals surface area contributed by atoms with E-state index in [0.717, 1.165) is 16.0 Å². The molecule has 0 atom stereocenters. The van der Waals surface area contributed by atoms with Crippen molar-refractivity contribution in [3.63, 3.8) is 0 Å². The zero-order valence-corrected chi connectivity index (χ0v) is 11.9. The minimum atomic E-state index is 0.578. The SMILES string of the molecule is N#Cc1c(-c2ccccc2Cl)nsc1-c1ccccc1. The Balaban J connectivity index is 2.19. The van der Waals surface area contributed by atoms with Crippen molar-refractivity contribution >= 4 is 23.1 Å². The highest BCUT2D eigenvalue weighted by Gasteiger charge is 2.17. The standard InChI is InChI=1S/C16H9ClN2S/c17-14-9-5-4-8-12(14)15-13(10-18)16(20-19-15)11-6-2-1-3-7-11/h1-9H. The quantitative estimate of drug-likeness (QED) is 0.667. The van der Waals surface area contributed by atoms with Crippen LogP contribution in [0, 0.1) is 11.3 Å². The summed E-state index contributed by atoms with van der Waals surface area (Å²) in [6, 6.07) is 19.5. The van der Waals surface area contributed by atoms with E-state index in [1.54, 1.807) is 6.07 Å². The second kappa shape index (κ2) is 5.46. The number of hydrogen-bond acceptors (Lipinski definition) is 3. The van der Waals surface area contributed by atoms with Crippen molar-refractivity contribution < 1.29 is 0 Å². The van der Waals surface area contributed by atoms with Crippen molar-refractivity contribution in [3.05, 3.63) is 65.2 Å². The van der Waals surface area contributed by atoms with Gasteiger partial charge in [-0.2, -0.15) is 9.64 Å². The van der Waals surface area contributed by atoms with Gasteiger partial charge in [-0.05, 0) is 23.2 Å². The Kier molecular flexibility index (Phi) is 3.51. The lowest BCUT2D eigenvalue weighted by atomic mass is 10.0. The Bertz CT molecular complexity index is 788. The van der Waals surface area contributed by atoms with Crippen LogP contribution in [0.2, 0.25) is 5.02 Å². The van der Waals surface area contributed by atoms with Crippen LogP contribution >= 0.6 is 23.1 Å². The first kappa shape index (κ1) is 12.9. The molecular weight excluding hydrogens is 288 g/mol. The zero-order valence-electron chi connectivity index (χ0n) is 10.4. The van der Waals surface area contributed by atoms with Crippen LogP contribution in [0.25, 0.3) is 21.7 Å². The van der Waals surface area contributed by atoms with E-state index in [9.17, 15) is 5.26 Å². The van der Waals surface area contributed by atoms with Crippen LogP contribution in [-0.4, -0.2) is 4.37 Å². The fourth-order valence-corrected chi connectivity index (χ4v) is 3.09. The fourth-order valence-electron chi connectivity index (χ4n) is 2.02. The smallest absolute Gasteiger partial charge is 0.104 e. The summed E-state index contributed by atoms with van der Waals surface area (Å²) in [4.78, 5) is 0.878. The van der Waals surface area contributed by atoms with E-state index < -0.39 is 0 Å². The van der Waals surface area contributed by atoms with Gasteiger partial charge in [0.25, 0.3) is 0 Å². The van der Waals surface area contributed by atoms with E-state index in [1.165, 1.54) is 11.5 Å². The predicted molar refractivity (Wildman–Crippen MR) is 82.7 cm³/mol.